The quantitative estimate of drug-likeness (QED) is 0.824. The first-order valence-corrected chi connectivity index (χ1v) is 6.52. The van der Waals surface area contributed by atoms with E-state index in [1.165, 1.54) is 7.11 Å². The summed E-state index contributed by atoms with van der Waals surface area (Å²) in [5.74, 6) is 0.881. The Bertz CT molecular complexity index is 594. The van der Waals surface area contributed by atoms with E-state index in [-0.39, 0.29) is 17.9 Å². The van der Waals surface area contributed by atoms with Crippen LogP contribution in [0, 0.1) is 12.1 Å². The molecule has 0 saturated carbocycles. The Kier molecular flexibility index (Phi) is 3.40. The van der Waals surface area contributed by atoms with Crippen molar-refractivity contribution in [3.8, 4) is 11.3 Å². The van der Waals surface area contributed by atoms with Crippen LogP contribution in [0.4, 0.5) is 0 Å². The smallest absolute Gasteiger partial charge is 0.322 e. The number of carbonyl (C=O) groups excluding carboxylic acids is 1. The molecule has 102 valence electrons. The zero-order chi connectivity index (χ0) is 13.9. The lowest BCUT2D eigenvalue weighted by Gasteiger charge is -2.06. The predicted molar refractivity (Wildman–Crippen MR) is 72.9 cm³/mol. The van der Waals surface area contributed by atoms with Gasteiger partial charge in [0, 0.05) is 18.0 Å². The number of esters is 1. The van der Waals surface area contributed by atoms with E-state index >= 15 is 0 Å². The van der Waals surface area contributed by atoms with Crippen LogP contribution in [-0.4, -0.2) is 35.6 Å². The monoisotopic (exact) mass is 269 g/mol. The Hall–Kier alpha value is -2.32. The van der Waals surface area contributed by atoms with Gasteiger partial charge in [-0.1, -0.05) is 12.1 Å². The number of rotatable bonds is 3. The summed E-state index contributed by atoms with van der Waals surface area (Å²) in [7, 11) is 1.41. The summed E-state index contributed by atoms with van der Waals surface area (Å²) in [6, 6.07) is 11.2. The molecule has 0 amide bonds. The van der Waals surface area contributed by atoms with Crippen molar-refractivity contribution in [1.82, 2.24) is 15.3 Å². The number of hydrogen-bond acceptors (Lipinski definition) is 4. The molecule has 2 atom stereocenters. The highest BCUT2D eigenvalue weighted by Crippen LogP contribution is 2.26. The number of carbonyl (C=O) groups is 1. The van der Waals surface area contributed by atoms with Crippen molar-refractivity contribution in [2.24, 2.45) is 0 Å². The molecule has 3 rings (SSSR count). The molecule has 1 fully saturated rings. The summed E-state index contributed by atoms with van der Waals surface area (Å²) in [6.07, 6.45) is 2.51. The lowest BCUT2D eigenvalue weighted by atomic mass is 10.1. The van der Waals surface area contributed by atoms with Gasteiger partial charge in [0.1, 0.15) is 11.9 Å². The highest BCUT2D eigenvalue weighted by molar-refractivity contribution is 5.76. The standard InChI is InChI=1S/C15H15N3O2/c1-20-15(19)12-7-11(8-16-12)14-17-9-13(18-14)10-5-3-2-4-6-10/h3,5-6,9,11-12,16H,7-8H2,1H3,(H,17,18)/t11-,12+/m1/s1. The van der Waals surface area contributed by atoms with Gasteiger partial charge in [-0.05, 0) is 24.6 Å². The molecule has 1 aliphatic rings. The third-order valence-corrected chi connectivity index (χ3v) is 3.57. The molecule has 5 heteroatoms. The number of nitrogens with one attached hydrogen (secondary N) is 2. The molecule has 2 heterocycles. The molecule has 20 heavy (non-hydrogen) atoms. The van der Waals surface area contributed by atoms with E-state index in [0.29, 0.717) is 6.42 Å². The summed E-state index contributed by atoms with van der Waals surface area (Å²) in [5, 5.41) is 3.16. The number of hydrogen-bond donors (Lipinski definition) is 2. The first-order chi connectivity index (χ1) is 9.78. The normalized spacial score (nSPS) is 21.4. The number of ether oxygens (including phenoxy) is 1. The van der Waals surface area contributed by atoms with Gasteiger partial charge in [0.05, 0.1) is 19.0 Å². The van der Waals surface area contributed by atoms with Crippen LogP contribution < -0.4 is 5.32 Å². The fourth-order valence-corrected chi connectivity index (χ4v) is 2.47. The zero-order valence-corrected chi connectivity index (χ0v) is 11.1. The second-order valence-corrected chi connectivity index (χ2v) is 4.82. The fraction of sp³-hybridized carbons (Fsp3) is 0.333. The first kappa shape index (κ1) is 12.7. The second kappa shape index (κ2) is 5.35. The van der Waals surface area contributed by atoms with Crippen LogP contribution in [0.2, 0.25) is 0 Å². The van der Waals surface area contributed by atoms with Crippen molar-refractivity contribution >= 4 is 5.97 Å². The van der Waals surface area contributed by atoms with Gasteiger partial charge in [0.2, 0.25) is 0 Å². The van der Waals surface area contributed by atoms with Crippen LogP contribution in [0.3, 0.4) is 0 Å². The van der Waals surface area contributed by atoms with E-state index < -0.39 is 0 Å². The number of methoxy groups -OCH3 is 1. The van der Waals surface area contributed by atoms with E-state index in [2.05, 4.69) is 27.4 Å². The minimum Gasteiger partial charge on any atom is -0.468 e. The van der Waals surface area contributed by atoms with Gasteiger partial charge in [-0.25, -0.2) is 4.98 Å². The number of nitrogens with zero attached hydrogens (tertiary/aromatic N) is 1. The van der Waals surface area contributed by atoms with E-state index in [1.807, 2.05) is 24.4 Å². The predicted octanol–water partition coefficient (Wildman–Crippen LogP) is 1.30. The van der Waals surface area contributed by atoms with E-state index in [1.54, 1.807) is 0 Å². The minimum atomic E-state index is -0.238. The molecule has 1 saturated heterocycles. The molecule has 1 aromatic carbocycles. The van der Waals surface area contributed by atoms with Crippen LogP contribution in [0.15, 0.2) is 24.4 Å². The van der Waals surface area contributed by atoms with Crippen LogP contribution in [0.5, 0.6) is 0 Å². The Labute approximate surface area is 117 Å². The van der Waals surface area contributed by atoms with Gasteiger partial charge in [-0.2, -0.15) is 0 Å². The highest BCUT2D eigenvalue weighted by Gasteiger charge is 2.32. The van der Waals surface area contributed by atoms with Crippen molar-refractivity contribution in [3.63, 3.8) is 0 Å². The highest BCUT2D eigenvalue weighted by atomic mass is 16.5. The van der Waals surface area contributed by atoms with Crippen LogP contribution in [0.1, 0.15) is 18.2 Å². The molecule has 0 spiro atoms. The maximum Gasteiger partial charge on any atom is 0.322 e. The molecule has 5 nitrogen and oxygen atoms in total. The maximum absolute atomic E-state index is 11.5. The average Bonchev–Trinajstić information content (AvgIpc) is 3.16. The SMILES string of the molecule is COC(=O)[C@@H]1C[C@@H](c2ncc(-c3cc#ccc3)[nH]2)CN1. The van der Waals surface area contributed by atoms with Gasteiger partial charge in [0.25, 0.3) is 0 Å². The maximum atomic E-state index is 11.5. The first-order valence-electron chi connectivity index (χ1n) is 6.52. The van der Waals surface area contributed by atoms with Crippen LogP contribution >= 0.6 is 0 Å². The Morgan fingerprint density at radius 3 is 3.15 bits per heavy atom. The van der Waals surface area contributed by atoms with Gasteiger partial charge < -0.3 is 15.0 Å². The van der Waals surface area contributed by atoms with E-state index in [9.17, 15) is 4.79 Å². The molecular formula is C15H15N3O2. The molecule has 0 bridgehead atoms. The van der Waals surface area contributed by atoms with Gasteiger partial charge >= 0.3 is 5.97 Å². The largest absolute Gasteiger partial charge is 0.468 e. The van der Waals surface area contributed by atoms with Crippen molar-refractivity contribution < 1.29 is 9.53 Å². The molecule has 0 unspecified atom stereocenters. The average molecular weight is 269 g/mol. The summed E-state index contributed by atoms with van der Waals surface area (Å²) < 4.78 is 4.75. The lowest BCUT2D eigenvalue weighted by molar-refractivity contribution is -0.142. The van der Waals surface area contributed by atoms with Gasteiger partial charge in [0.15, 0.2) is 0 Å². The van der Waals surface area contributed by atoms with Gasteiger partial charge in [-0.3, -0.25) is 4.79 Å². The van der Waals surface area contributed by atoms with Crippen molar-refractivity contribution in [2.75, 3.05) is 13.7 Å². The van der Waals surface area contributed by atoms with Crippen LogP contribution in [-0.2, 0) is 9.53 Å². The summed E-state index contributed by atoms with van der Waals surface area (Å²) >= 11 is 0. The van der Waals surface area contributed by atoms with Crippen molar-refractivity contribution in [2.45, 2.75) is 18.4 Å². The zero-order valence-electron chi connectivity index (χ0n) is 11.1. The molecule has 0 radical (unpaired) electrons. The topological polar surface area (TPSA) is 67.0 Å². The molecule has 1 aliphatic heterocycles. The third-order valence-electron chi connectivity index (χ3n) is 3.57. The Morgan fingerprint density at radius 1 is 1.50 bits per heavy atom. The number of aromatic nitrogens is 2. The van der Waals surface area contributed by atoms with Crippen molar-refractivity contribution in [1.29, 1.82) is 0 Å². The lowest BCUT2D eigenvalue weighted by Crippen LogP contribution is -2.31. The molecule has 2 N–H and O–H groups in total. The molecular weight excluding hydrogens is 254 g/mol. The summed E-state index contributed by atoms with van der Waals surface area (Å²) in [4.78, 5) is 19.2. The number of H-pyrrole nitrogens is 1. The van der Waals surface area contributed by atoms with Gasteiger partial charge in [-0.15, -0.1) is 0 Å². The fourth-order valence-electron chi connectivity index (χ4n) is 2.47. The number of aromatic amines is 1. The molecule has 1 aromatic heterocycles. The summed E-state index contributed by atoms with van der Waals surface area (Å²) in [6.45, 7) is 0.724. The van der Waals surface area contributed by atoms with E-state index in [0.717, 1.165) is 23.6 Å². The Morgan fingerprint density at radius 2 is 2.40 bits per heavy atom. The number of imidazole rings is 1. The second-order valence-electron chi connectivity index (χ2n) is 4.82. The van der Waals surface area contributed by atoms with E-state index in [4.69, 9.17) is 4.74 Å². The van der Waals surface area contributed by atoms with Crippen molar-refractivity contribution in [3.05, 3.63) is 42.4 Å². The summed E-state index contributed by atoms with van der Waals surface area (Å²) in [5.41, 5.74) is 1.98. The van der Waals surface area contributed by atoms with Crippen LogP contribution in [0.25, 0.3) is 11.3 Å². The minimum absolute atomic E-state index is 0.201. The Balaban J connectivity index is 1.74. The molecule has 0 aliphatic carbocycles. The third kappa shape index (κ3) is 2.38. The molecule has 2 aromatic rings.